The number of anilines is 4. The van der Waals surface area contributed by atoms with Crippen LogP contribution in [0.5, 0.6) is 0 Å². The van der Waals surface area contributed by atoms with E-state index in [4.69, 9.17) is 11.6 Å². The van der Waals surface area contributed by atoms with Gasteiger partial charge in [-0.1, -0.05) is 23.7 Å². The Morgan fingerprint density at radius 3 is 2.74 bits per heavy atom. The molecule has 1 aliphatic rings. The first kappa shape index (κ1) is 23.4. The van der Waals surface area contributed by atoms with Crippen LogP contribution in [-0.2, 0) is 16.8 Å². The first-order valence-electron chi connectivity index (χ1n) is 10.7. The highest BCUT2D eigenvalue weighted by atomic mass is 35.5. The summed E-state index contributed by atoms with van der Waals surface area (Å²) in [6.45, 7) is 3.91. The lowest BCUT2D eigenvalue weighted by molar-refractivity contribution is -0.122. The fraction of sp³-hybridized carbons (Fsp3) is 0.250. The quantitative estimate of drug-likeness (QED) is 0.429. The number of carbonyl (C=O) groups is 2. The average molecular weight is 483 g/mol. The Bertz CT molecular complexity index is 1280. The Hall–Kier alpha value is -3.72. The van der Waals surface area contributed by atoms with E-state index in [1.807, 2.05) is 32.0 Å². The van der Waals surface area contributed by atoms with Crippen LogP contribution in [0.15, 0.2) is 42.6 Å². The monoisotopic (exact) mass is 482 g/mol. The van der Waals surface area contributed by atoms with E-state index in [2.05, 4.69) is 31.2 Å². The standard InChI is InChI=1S/C24H24ClFN6O2/c1-24(2)16-11-14(9-7-13(16)8-10-19(33)32-24)29-23-28-12-17(25)21(31-23)30-20-15(22(34)27-3)5-4-6-18(20)26/h4-7,9,11-12H,8,10H2,1-3H3,(H,27,34)(H,32,33)(H2,28,29,30,31). The molecule has 0 aliphatic carbocycles. The zero-order chi connectivity index (χ0) is 24.5. The number of aryl methyl sites for hydroxylation is 1. The lowest BCUT2D eigenvalue weighted by Gasteiger charge is -2.27. The van der Waals surface area contributed by atoms with Gasteiger partial charge in [-0.2, -0.15) is 4.98 Å². The van der Waals surface area contributed by atoms with E-state index < -0.39 is 17.3 Å². The van der Waals surface area contributed by atoms with Crippen molar-refractivity contribution in [3.05, 3.63) is 70.1 Å². The smallest absolute Gasteiger partial charge is 0.253 e. The zero-order valence-corrected chi connectivity index (χ0v) is 19.7. The molecule has 176 valence electrons. The Morgan fingerprint density at radius 1 is 1.18 bits per heavy atom. The number of halogens is 2. The van der Waals surface area contributed by atoms with Crippen molar-refractivity contribution in [2.24, 2.45) is 0 Å². The molecule has 0 fully saturated rings. The van der Waals surface area contributed by atoms with E-state index in [9.17, 15) is 14.0 Å². The Balaban J connectivity index is 1.64. The number of benzene rings is 2. The third-order valence-corrected chi connectivity index (χ3v) is 5.86. The van der Waals surface area contributed by atoms with Crippen LogP contribution in [-0.4, -0.2) is 28.8 Å². The number of aromatic nitrogens is 2. The highest BCUT2D eigenvalue weighted by Gasteiger charge is 2.29. The number of carbonyl (C=O) groups excluding carboxylic acids is 2. The number of nitrogens with one attached hydrogen (secondary N) is 4. The predicted octanol–water partition coefficient (Wildman–Crippen LogP) is 4.41. The normalized spacial score (nSPS) is 14.4. The van der Waals surface area contributed by atoms with Gasteiger partial charge in [0.2, 0.25) is 11.9 Å². The minimum absolute atomic E-state index is 0.0109. The van der Waals surface area contributed by atoms with Crippen LogP contribution >= 0.6 is 11.6 Å². The minimum atomic E-state index is -0.625. The van der Waals surface area contributed by atoms with Gasteiger partial charge in [0.15, 0.2) is 5.82 Å². The van der Waals surface area contributed by atoms with Gasteiger partial charge < -0.3 is 21.3 Å². The molecule has 8 nitrogen and oxygen atoms in total. The second-order valence-corrected chi connectivity index (χ2v) is 8.83. The molecule has 4 N–H and O–H groups in total. The van der Waals surface area contributed by atoms with E-state index in [-0.39, 0.29) is 33.9 Å². The second kappa shape index (κ2) is 9.26. The summed E-state index contributed by atoms with van der Waals surface area (Å²) in [5, 5.41) is 11.6. The van der Waals surface area contributed by atoms with Crippen molar-refractivity contribution in [3.63, 3.8) is 0 Å². The van der Waals surface area contributed by atoms with Crippen molar-refractivity contribution in [1.29, 1.82) is 0 Å². The van der Waals surface area contributed by atoms with E-state index >= 15 is 0 Å². The summed E-state index contributed by atoms with van der Waals surface area (Å²) < 4.78 is 14.5. The molecule has 4 rings (SSSR count). The van der Waals surface area contributed by atoms with Gasteiger partial charge in [-0.3, -0.25) is 9.59 Å². The first-order valence-corrected chi connectivity index (χ1v) is 11.1. The molecule has 0 spiro atoms. The highest BCUT2D eigenvalue weighted by molar-refractivity contribution is 6.33. The van der Waals surface area contributed by atoms with Crippen molar-refractivity contribution < 1.29 is 14.0 Å². The molecule has 34 heavy (non-hydrogen) atoms. The van der Waals surface area contributed by atoms with Crippen LogP contribution in [0.1, 0.15) is 41.8 Å². The Labute approximate surface area is 201 Å². The van der Waals surface area contributed by atoms with Crippen LogP contribution < -0.4 is 21.3 Å². The van der Waals surface area contributed by atoms with Gasteiger partial charge in [0, 0.05) is 19.2 Å². The van der Waals surface area contributed by atoms with Crippen LogP contribution in [0.3, 0.4) is 0 Å². The lowest BCUT2D eigenvalue weighted by atomic mass is 9.89. The summed E-state index contributed by atoms with van der Waals surface area (Å²) in [5.74, 6) is -0.709. The number of hydrogen-bond acceptors (Lipinski definition) is 6. The third-order valence-electron chi connectivity index (χ3n) is 5.59. The molecule has 1 aliphatic heterocycles. The van der Waals surface area contributed by atoms with Crippen molar-refractivity contribution in [2.45, 2.75) is 32.2 Å². The predicted molar refractivity (Wildman–Crippen MR) is 129 cm³/mol. The number of para-hydroxylation sites is 1. The summed E-state index contributed by atoms with van der Waals surface area (Å²) in [6.07, 6.45) is 2.48. The summed E-state index contributed by atoms with van der Waals surface area (Å²) in [7, 11) is 1.46. The second-order valence-electron chi connectivity index (χ2n) is 8.43. The molecule has 1 aromatic heterocycles. The van der Waals surface area contributed by atoms with Crippen molar-refractivity contribution >= 4 is 46.6 Å². The summed E-state index contributed by atoms with van der Waals surface area (Å²) in [5.41, 5.74) is 2.34. The minimum Gasteiger partial charge on any atom is -0.355 e. The Kier molecular flexibility index (Phi) is 6.39. The van der Waals surface area contributed by atoms with E-state index in [0.29, 0.717) is 18.5 Å². The van der Waals surface area contributed by atoms with Crippen molar-refractivity contribution in [2.75, 3.05) is 17.7 Å². The Morgan fingerprint density at radius 2 is 1.97 bits per heavy atom. The van der Waals surface area contributed by atoms with Gasteiger partial charge in [0.1, 0.15) is 10.8 Å². The average Bonchev–Trinajstić information content (AvgIpc) is 2.91. The van der Waals surface area contributed by atoms with Crippen LogP contribution in [0.25, 0.3) is 0 Å². The zero-order valence-electron chi connectivity index (χ0n) is 18.9. The summed E-state index contributed by atoms with van der Waals surface area (Å²) >= 11 is 6.25. The molecule has 0 unspecified atom stereocenters. The lowest BCUT2D eigenvalue weighted by Crippen LogP contribution is -2.39. The van der Waals surface area contributed by atoms with Gasteiger partial charge in [-0.25, -0.2) is 9.37 Å². The highest BCUT2D eigenvalue weighted by Crippen LogP contribution is 2.32. The summed E-state index contributed by atoms with van der Waals surface area (Å²) in [6, 6.07) is 9.99. The summed E-state index contributed by atoms with van der Waals surface area (Å²) in [4.78, 5) is 32.8. The number of rotatable bonds is 5. The third kappa shape index (κ3) is 4.79. The van der Waals surface area contributed by atoms with E-state index in [0.717, 1.165) is 11.1 Å². The molecule has 2 heterocycles. The van der Waals surface area contributed by atoms with E-state index in [1.165, 1.54) is 31.4 Å². The molecule has 0 radical (unpaired) electrons. The molecular formula is C24H24ClFN6O2. The maximum absolute atomic E-state index is 14.5. The van der Waals surface area contributed by atoms with Gasteiger partial charge in [-0.15, -0.1) is 0 Å². The van der Waals surface area contributed by atoms with Crippen LogP contribution in [0.4, 0.5) is 27.5 Å². The van der Waals surface area contributed by atoms with Gasteiger partial charge in [0.25, 0.3) is 5.91 Å². The number of hydrogen-bond donors (Lipinski definition) is 4. The van der Waals surface area contributed by atoms with Gasteiger partial charge >= 0.3 is 0 Å². The molecule has 0 atom stereocenters. The van der Waals surface area contributed by atoms with Crippen LogP contribution in [0.2, 0.25) is 5.02 Å². The molecule has 0 bridgehead atoms. The molecule has 3 aromatic rings. The number of amides is 2. The molecule has 2 aromatic carbocycles. The molecule has 2 amide bonds. The van der Waals surface area contributed by atoms with Gasteiger partial charge in [-0.05, 0) is 55.7 Å². The maximum atomic E-state index is 14.5. The number of fused-ring (bicyclic) bond motifs is 1. The van der Waals surface area contributed by atoms with Crippen molar-refractivity contribution in [3.8, 4) is 0 Å². The SMILES string of the molecule is CNC(=O)c1cccc(F)c1Nc1nc(Nc2ccc3c(c2)C(C)(C)NC(=O)CC3)ncc1Cl. The molecular weight excluding hydrogens is 459 g/mol. The molecule has 10 heteroatoms. The van der Waals surface area contributed by atoms with E-state index in [1.54, 1.807) is 0 Å². The molecule has 0 saturated carbocycles. The van der Waals surface area contributed by atoms with Crippen molar-refractivity contribution in [1.82, 2.24) is 20.6 Å². The first-order chi connectivity index (χ1) is 16.2. The van der Waals surface area contributed by atoms with Crippen LogP contribution in [0, 0.1) is 5.82 Å². The van der Waals surface area contributed by atoms with Gasteiger partial charge in [0.05, 0.1) is 23.0 Å². The number of nitrogens with zero attached hydrogens (tertiary/aromatic N) is 2. The fourth-order valence-corrected chi connectivity index (χ4v) is 4.06. The fourth-order valence-electron chi connectivity index (χ4n) is 3.92. The maximum Gasteiger partial charge on any atom is 0.253 e. The molecule has 0 saturated heterocycles. The largest absolute Gasteiger partial charge is 0.355 e. The topological polar surface area (TPSA) is 108 Å².